The first-order valence-corrected chi connectivity index (χ1v) is 8.19. The minimum absolute atomic E-state index is 0.424. The van der Waals surface area contributed by atoms with E-state index in [0.29, 0.717) is 0 Å². The van der Waals surface area contributed by atoms with Crippen molar-refractivity contribution >= 4 is 0 Å². The molecule has 3 rings (SSSR count). The van der Waals surface area contributed by atoms with E-state index in [4.69, 9.17) is 4.74 Å². The highest BCUT2D eigenvalue weighted by Crippen LogP contribution is 2.28. The summed E-state index contributed by atoms with van der Waals surface area (Å²) in [5.74, 6) is 1.53. The summed E-state index contributed by atoms with van der Waals surface area (Å²) in [6.45, 7) is 4.85. The van der Waals surface area contributed by atoms with Crippen LogP contribution in [0.2, 0.25) is 0 Å². The van der Waals surface area contributed by atoms with Crippen LogP contribution in [0.4, 0.5) is 0 Å². The fourth-order valence-electron chi connectivity index (χ4n) is 3.67. The lowest BCUT2D eigenvalue weighted by Crippen LogP contribution is -2.38. The van der Waals surface area contributed by atoms with Crippen LogP contribution in [0.5, 0.6) is 0 Å². The predicted octanol–water partition coefficient (Wildman–Crippen LogP) is 2.25. The third kappa shape index (κ3) is 4.25. The number of aromatic nitrogens is 1. The van der Waals surface area contributed by atoms with E-state index in [-0.39, 0.29) is 0 Å². The smallest absolute Gasteiger partial charge is 0.0931 e. The SMILES string of the molecule is OC(CN1CCCC(CC2CCOC2)C1)c1cccnc1. The van der Waals surface area contributed by atoms with Crippen LogP contribution < -0.4 is 0 Å². The zero-order chi connectivity index (χ0) is 14.5. The molecule has 4 heteroatoms. The van der Waals surface area contributed by atoms with Crippen LogP contribution in [-0.4, -0.2) is 47.8 Å². The van der Waals surface area contributed by atoms with E-state index >= 15 is 0 Å². The van der Waals surface area contributed by atoms with Crippen LogP contribution in [0.25, 0.3) is 0 Å². The van der Waals surface area contributed by atoms with Crippen molar-refractivity contribution < 1.29 is 9.84 Å². The van der Waals surface area contributed by atoms with Crippen molar-refractivity contribution in [1.82, 2.24) is 9.88 Å². The Hall–Kier alpha value is -0.970. The van der Waals surface area contributed by atoms with Crippen LogP contribution in [0.1, 0.15) is 37.4 Å². The molecular weight excluding hydrogens is 264 g/mol. The van der Waals surface area contributed by atoms with Gasteiger partial charge in [0, 0.05) is 44.3 Å². The van der Waals surface area contributed by atoms with Crippen molar-refractivity contribution in [2.45, 2.75) is 31.8 Å². The van der Waals surface area contributed by atoms with Crippen molar-refractivity contribution in [2.24, 2.45) is 11.8 Å². The maximum Gasteiger partial charge on any atom is 0.0931 e. The standard InChI is InChI=1S/C17H26N2O2/c20-17(16-4-1-6-18-10-16)12-19-7-2-3-14(11-19)9-15-5-8-21-13-15/h1,4,6,10,14-15,17,20H,2-3,5,7-9,11-13H2. The highest BCUT2D eigenvalue weighted by atomic mass is 16.5. The second-order valence-electron chi connectivity index (χ2n) is 6.54. The number of pyridine rings is 1. The van der Waals surface area contributed by atoms with E-state index in [9.17, 15) is 5.11 Å². The topological polar surface area (TPSA) is 45.6 Å². The minimum Gasteiger partial charge on any atom is -0.387 e. The number of hydrogen-bond donors (Lipinski definition) is 1. The molecule has 0 amide bonds. The lowest BCUT2D eigenvalue weighted by atomic mass is 9.87. The second-order valence-corrected chi connectivity index (χ2v) is 6.54. The molecule has 4 nitrogen and oxygen atoms in total. The summed E-state index contributed by atoms with van der Waals surface area (Å²) >= 11 is 0. The van der Waals surface area contributed by atoms with Crippen LogP contribution in [0, 0.1) is 11.8 Å². The van der Waals surface area contributed by atoms with E-state index < -0.39 is 6.10 Å². The Labute approximate surface area is 127 Å². The number of aliphatic hydroxyl groups excluding tert-OH is 1. The van der Waals surface area contributed by atoms with E-state index in [0.717, 1.165) is 50.2 Å². The molecule has 2 fully saturated rings. The Morgan fingerprint density at radius 1 is 1.38 bits per heavy atom. The van der Waals surface area contributed by atoms with Gasteiger partial charge in [0.2, 0.25) is 0 Å². The van der Waals surface area contributed by atoms with Crippen LogP contribution in [-0.2, 0) is 4.74 Å². The Kier molecular flexibility index (Phi) is 5.22. The van der Waals surface area contributed by atoms with Gasteiger partial charge in [-0.05, 0) is 50.1 Å². The number of rotatable bonds is 5. The van der Waals surface area contributed by atoms with Crippen molar-refractivity contribution in [3.63, 3.8) is 0 Å². The first kappa shape index (κ1) is 14.9. The number of hydrogen-bond acceptors (Lipinski definition) is 4. The maximum absolute atomic E-state index is 10.3. The molecule has 2 aliphatic heterocycles. The number of ether oxygens (including phenoxy) is 1. The molecule has 0 aliphatic carbocycles. The van der Waals surface area contributed by atoms with E-state index in [1.54, 1.807) is 12.4 Å². The molecule has 1 aromatic heterocycles. The number of aliphatic hydroxyl groups is 1. The Morgan fingerprint density at radius 3 is 3.10 bits per heavy atom. The summed E-state index contributed by atoms with van der Waals surface area (Å²) in [5.41, 5.74) is 0.920. The molecule has 2 saturated heterocycles. The van der Waals surface area contributed by atoms with Gasteiger partial charge in [0.25, 0.3) is 0 Å². The van der Waals surface area contributed by atoms with Gasteiger partial charge in [0.05, 0.1) is 6.10 Å². The monoisotopic (exact) mass is 290 g/mol. The molecule has 0 radical (unpaired) electrons. The van der Waals surface area contributed by atoms with Gasteiger partial charge in [-0.15, -0.1) is 0 Å². The summed E-state index contributed by atoms with van der Waals surface area (Å²) in [6.07, 6.45) is 8.19. The number of likely N-dealkylation sites (tertiary alicyclic amines) is 1. The van der Waals surface area contributed by atoms with Gasteiger partial charge < -0.3 is 14.7 Å². The van der Waals surface area contributed by atoms with Gasteiger partial charge in [-0.25, -0.2) is 0 Å². The largest absolute Gasteiger partial charge is 0.387 e. The molecule has 3 atom stereocenters. The quantitative estimate of drug-likeness (QED) is 0.903. The third-order valence-electron chi connectivity index (χ3n) is 4.79. The summed E-state index contributed by atoms with van der Waals surface area (Å²) in [7, 11) is 0. The van der Waals surface area contributed by atoms with Crippen molar-refractivity contribution in [2.75, 3.05) is 32.8 Å². The van der Waals surface area contributed by atoms with Gasteiger partial charge in [-0.3, -0.25) is 4.98 Å². The van der Waals surface area contributed by atoms with E-state index in [2.05, 4.69) is 9.88 Å². The summed E-state index contributed by atoms with van der Waals surface area (Å²) in [6, 6.07) is 3.84. The Bertz CT molecular complexity index is 420. The number of nitrogens with zero attached hydrogens (tertiary/aromatic N) is 2. The Morgan fingerprint density at radius 2 is 2.33 bits per heavy atom. The van der Waals surface area contributed by atoms with Crippen molar-refractivity contribution in [3.8, 4) is 0 Å². The average molecular weight is 290 g/mol. The predicted molar refractivity (Wildman–Crippen MR) is 81.9 cm³/mol. The zero-order valence-corrected chi connectivity index (χ0v) is 12.7. The molecule has 1 aromatic rings. The maximum atomic E-state index is 10.3. The van der Waals surface area contributed by atoms with Gasteiger partial charge in [-0.2, -0.15) is 0 Å². The molecule has 2 aliphatic rings. The lowest BCUT2D eigenvalue weighted by Gasteiger charge is -2.34. The molecule has 0 spiro atoms. The molecule has 0 saturated carbocycles. The van der Waals surface area contributed by atoms with E-state index in [1.807, 2.05) is 12.1 Å². The Balaban J connectivity index is 1.49. The van der Waals surface area contributed by atoms with Crippen LogP contribution in [0.3, 0.4) is 0 Å². The number of piperidine rings is 1. The first-order valence-electron chi connectivity index (χ1n) is 8.19. The summed E-state index contributed by atoms with van der Waals surface area (Å²) in [5, 5.41) is 10.3. The van der Waals surface area contributed by atoms with Gasteiger partial charge in [0.1, 0.15) is 0 Å². The highest BCUT2D eigenvalue weighted by molar-refractivity contribution is 5.12. The third-order valence-corrected chi connectivity index (χ3v) is 4.79. The van der Waals surface area contributed by atoms with Gasteiger partial charge >= 0.3 is 0 Å². The van der Waals surface area contributed by atoms with Gasteiger partial charge in [-0.1, -0.05) is 6.07 Å². The molecule has 3 heterocycles. The average Bonchev–Trinajstić information content (AvgIpc) is 3.01. The van der Waals surface area contributed by atoms with Gasteiger partial charge in [0.15, 0.2) is 0 Å². The summed E-state index contributed by atoms with van der Waals surface area (Å²) in [4.78, 5) is 6.51. The lowest BCUT2D eigenvalue weighted by molar-refractivity contribution is 0.0775. The molecule has 3 unspecified atom stereocenters. The minimum atomic E-state index is -0.424. The van der Waals surface area contributed by atoms with Crippen LogP contribution in [0.15, 0.2) is 24.5 Å². The number of β-amino-alcohol motifs (C(OH)–C–C–N with tert-alkyl or cyclic N) is 1. The molecule has 0 aromatic carbocycles. The summed E-state index contributed by atoms with van der Waals surface area (Å²) < 4.78 is 5.49. The molecule has 21 heavy (non-hydrogen) atoms. The molecule has 116 valence electrons. The fraction of sp³-hybridized carbons (Fsp3) is 0.706. The normalized spacial score (nSPS) is 28.6. The molecular formula is C17H26N2O2. The van der Waals surface area contributed by atoms with Crippen molar-refractivity contribution in [3.05, 3.63) is 30.1 Å². The van der Waals surface area contributed by atoms with Crippen molar-refractivity contribution in [1.29, 1.82) is 0 Å². The van der Waals surface area contributed by atoms with E-state index in [1.165, 1.54) is 25.7 Å². The molecule has 1 N–H and O–H groups in total. The molecule has 0 bridgehead atoms. The second kappa shape index (κ2) is 7.34. The zero-order valence-electron chi connectivity index (χ0n) is 12.7. The van der Waals surface area contributed by atoms with Crippen LogP contribution >= 0.6 is 0 Å². The first-order chi connectivity index (χ1) is 10.3. The fourth-order valence-corrected chi connectivity index (χ4v) is 3.67. The highest BCUT2D eigenvalue weighted by Gasteiger charge is 2.26.